The van der Waals surface area contributed by atoms with E-state index in [-0.39, 0.29) is 0 Å². The molecule has 1 amide bonds. The molecule has 0 aromatic heterocycles. The van der Waals surface area contributed by atoms with E-state index in [1.807, 2.05) is 18.2 Å². The Balaban J connectivity index is 2.04. The van der Waals surface area contributed by atoms with E-state index in [2.05, 4.69) is 21.6 Å². The topological polar surface area (TPSA) is 44.4 Å². The van der Waals surface area contributed by atoms with Crippen LogP contribution in [0.15, 0.2) is 24.3 Å². The smallest absolute Gasteiger partial charge is 0.211 e. The molecule has 0 atom stereocenters. The zero-order chi connectivity index (χ0) is 11.2. The number of benzene rings is 1. The van der Waals surface area contributed by atoms with Crippen LogP contribution in [0.25, 0.3) is 0 Å². The van der Waals surface area contributed by atoms with Gasteiger partial charge in [0.1, 0.15) is 0 Å². The van der Waals surface area contributed by atoms with Gasteiger partial charge in [-0.15, -0.1) is 0 Å². The number of hydrogen-bond donors (Lipinski definition) is 2. The zero-order valence-corrected chi connectivity index (χ0v) is 9.28. The lowest BCUT2D eigenvalue weighted by molar-refractivity contribution is -0.105. The molecule has 1 heterocycles. The van der Waals surface area contributed by atoms with Crippen molar-refractivity contribution in [3.05, 3.63) is 29.8 Å². The number of nitrogens with one attached hydrogen (secondary N) is 2. The van der Waals surface area contributed by atoms with Crippen LogP contribution < -0.4 is 10.6 Å². The highest BCUT2D eigenvalue weighted by atomic mass is 16.1. The minimum Gasteiger partial charge on any atom is -0.328 e. The van der Waals surface area contributed by atoms with Gasteiger partial charge in [-0.25, -0.2) is 0 Å². The second-order valence-corrected chi connectivity index (χ2v) is 3.95. The van der Waals surface area contributed by atoms with Crippen molar-refractivity contribution in [1.82, 2.24) is 10.2 Å². The Labute approximate surface area is 95.6 Å². The number of hydrogen-bond acceptors (Lipinski definition) is 3. The highest BCUT2D eigenvalue weighted by molar-refractivity contribution is 5.73. The quantitative estimate of drug-likeness (QED) is 0.731. The van der Waals surface area contributed by atoms with Crippen LogP contribution in [0.4, 0.5) is 5.69 Å². The Hall–Kier alpha value is -1.39. The first-order valence-corrected chi connectivity index (χ1v) is 5.61. The van der Waals surface area contributed by atoms with Crippen LogP contribution >= 0.6 is 0 Å². The zero-order valence-electron chi connectivity index (χ0n) is 9.28. The molecular weight excluding hydrogens is 202 g/mol. The predicted molar refractivity (Wildman–Crippen MR) is 64.3 cm³/mol. The summed E-state index contributed by atoms with van der Waals surface area (Å²) in [6, 6.07) is 7.94. The molecule has 2 rings (SSSR count). The molecule has 0 bridgehead atoms. The van der Waals surface area contributed by atoms with Gasteiger partial charge in [-0.2, -0.15) is 0 Å². The summed E-state index contributed by atoms with van der Waals surface area (Å²) >= 11 is 0. The number of carbonyl (C=O) groups excluding carboxylic acids is 1. The summed E-state index contributed by atoms with van der Waals surface area (Å²) in [4.78, 5) is 12.9. The van der Waals surface area contributed by atoms with Gasteiger partial charge in [0.05, 0.1) is 0 Å². The van der Waals surface area contributed by atoms with Crippen LogP contribution in [0.2, 0.25) is 0 Å². The third-order valence-electron chi connectivity index (χ3n) is 2.84. The lowest BCUT2D eigenvalue weighted by atomic mass is 10.1. The summed E-state index contributed by atoms with van der Waals surface area (Å²) in [6.45, 7) is 5.12. The monoisotopic (exact) mass is 219 g/mol. The second-order valence-electron chi connectivity index (χ2n) is 3.95. The first-order chi connectivity index (χ1) is 7.90. The van der Waals surface area contributed by atoms with E-state index in [9.17, 15) is 4.79 Å². The molecule has 0 radical (unpaired) electrons. The van der Waals surface area contributed by atoms with Gasteiger partial charge in [-0.1, -0.05) is 18.2 Å². The molecule has 0 aliphatic carbocycles. The Morgan fingerprint density at radius 1 is 1.31 bits per heavy atom. The van der Waals surface area contributed by atoms with Gasteiger partial charge < -0.3 is 10.6 Å². The van der Waals surface area contributed by atoms with Gasteiger partial charge in [-0.05, 0) is 11.6 Å². The van der Waals surface area contributed by atoms with Crippen molar-refractivity contribution >= 4 is 12.1 Å². The summed E-state index contributed by atoms with van der Waals surface area (Å²) in [5.74, 6) is 0. The van der Waals surface area contributed by atoms with Gasteiger partial charge >= 0.3 is 0 Å². The normalized spacial score (nSPS) is 17.0. The van der Waals surface area contributed by atoms with E-state index in [0.29, 0.717) is 0 Å². The summed E-state index contributed by atoms with van der Waals surface area (Å²) in [5.41, 5.74) is 2.09. The molecule has 1 aliphatic rings. The SMILES string of the molecule is O=CNc1ccccc1CN1CCNCC1. The number of carbonyl (C=O) groups is 1. The third-order valence-corrected chi connectivity index (χ3v) is 2.84. The molecular formula is C12H17N3O. The number of piperazine rings is 1. The van der Waals surface area contributed by atoms with Gasteiger partial charge in [0.2, 0.25) is 6.41 Å². The first-order valence-electron chi connectivity index (χ1n) is 5.61. The fourth-order valence-electron chi connectivity index (χ4n) is 1.97. The van der Waals surface area contributed by atoms with Crippen molar-refractivity contribution in [3.63, 3.8) is 0 Å². The molecule has 4 nitrogen and oxygen atoms in total. The molecule has 1 aliphatic heterocycles. The lowest BCUT2D eigenvalue weighted by Gasteiger charge is -2.27. The number of amides is 1. The fraction of sp³-hybridized carbons (Fsp3) is 0.417. The largest absolute Gasteiger partial charge is 0.328 e. The third kappa shape index (κ3) is 2.81. The summed E-state index contributed by atoms with van der Waals surface area (Å²) in [7, 11) is 0. The van der Waals surface area contributed by atoms with Crippen LogP contribution in [-0.4, -0.2) is 37.5 Å². The van der Waals surface area contributed by atoms with Crippen molar-refractivity contribution in [3.8, 4) is 0 Å². The van der Waals surface area contributed by atoms with E-state index in [1.54, 1.807) is 0 Å². The fourth-order valence-corrected chi connectivity index (χ4v) is 1.97. The summed E-state index contributed by atoms with van der Waals surface area (Å²) < 4.78 is 0. The van der Waals surface area contributed by atoms with Crippen molar-refractivity contribution in [2.24, 2.45) is 0 Å². The highest BCUT2D eigenvalue weighted by Gasteiger charge is 2.11. The molecule has 1 aromatic carbocycles. The van der Waals surface area contributed by atoms with E-state index in [0.717, 1.165) is 44.8 Å². The molecule has 86 valence electrons. The average molecular weight is 219 g/mol. The Kier molecular flexibility index (Phi) is 3.91. The molecule has 0 saturated carbocycles. The minimum absolute atomic E-state index is 0.733. The highest BCUT2D eigenvalue weighted by Crippen LogP contribution is 2.16. The van der Waals surface area contributed by atoms with E-state index >= 15 is 0 Å². The molecule has 0 unspecified atom stereocenters. The molecule has 16 heavy (non-hydrogen) atoms. The number of anilines is 1. The lowest BCUT2D eigenvalue weighted by Crippen LogP contribution is -2.42. The first kappa shape index (κ1) is 11.1. The van der Waals surface area contributed by atoms with Crippen LogP contribution in [-0.2, 0) is 11.3 Å². The van der Waals surface area contributed by atoms with Crippen molar-refractivity contribution in [1.29, 1.82) is 0 Å². The van der Waals surface area contributed by atoms with Gasteiger partial charge in [0.25, 0.3) is 0 Å². The average Bonchev–Trinajstić information content (AvgIpc) is 2.33. The second kappa shape index (κ2) is 5.63. The maximum atomic E-state index is 10.5. The number of rotatable bonds is 4. The molecule has 1 aromatic rings. The van der Waals surface area contributed by atoms with Crippen molar-refractivity contribution in [2.45, 2.75) is 6.54 Å². The summed E-state index contributed by atoms with van der Waals surface area (Å²) in [6.07, 6.45) is 0.733. The molecule has 1 fully saturated rings. The van der Waals surface area contributed by atoms with Crippen LogP contribution in [0.3, 0.4) is 0 Å². The van der Waals surface area contributed by atoms with E-state index in [1.165, 1.54) is 5.56 Å². The van der Waals surface area contributed by atoms with E-state index in [4.69, 9.17) is 0 Å². The maximum absolute atomic E-state index is 10.5. The predicted octanol–water partition coefficient (Wildman–Crippen LogP) is 0.660. The molecule has 1 saturated heterocycles. The van der Waals surface area contributed by atoms with Crippen LogP contribution in [0.5, 0.6) is 0 Å². The number of nitrogens with zero attached hydrogens (tertiary/aromatic N) is 1. The number of para-hydroxylation sites is 1. The Morgan fingerprint density at radius 2 is 2.06 bits per heavy atom. The Bertz CT molecular complexity index is 348. The van der Waals surface area contributed by atoms with E-state index < -0.39 is 0 Å². The standard InChI is InChI=1S/C12H17N3O/c16-10-14-12-4-2-1-3-11(12)9-15-7-5-13-6-8-15/h1-4,10,13H,5-9H2,(H,14,16). The Morgan fingerprint density at radius 3 is 2.81 bits per heavy atom. The van der Waals surface area contributed by atoms with Crippen molar-refractivity contribution < 1.29 is 4.79 Å². The maximum Gasteiger partial charge on any atom is 0.211 e. The summed E-state index contributed by atoms with van der Waals surface area (Å²) in [5, 5.41) is 6.07. The van der Waals surface area contributed by atoms with Gasteiger partial charge in [-0.3, -0.25) is 9.69 Å². The molecule has 2 N–H and O–H groups in total. The van der Waals surface area contributed by atoms with Crippen LogP contribution in [0, 0.1) is 0 Å². The van der Waals surface area contributed by atoms with Gasteiger partial charge in [0, 0.05) is 38.4 Å². The molecule has 4 heteroatoms. The van der Waals surface area contributed by atoms with Crippen LogP contribution in [0.1, 0.15) is 5.56 Å². The van der Waals surface area contributed by atoms with Crippen molar-refractivity contribution in [2.75, 3.05) is 31.5 Å². The minimum atomic E-state index is 0.733. The molecule has 0 spiro atoms. The van der Waals surface area contributed by atoms with Gasteiger partial charge in [0.15, 0.2) is 0 Å².